The summed E-state index contributed by atoms with van der Waals surface area (Å²) in [5.41, 5.74) is 4.19. The SMILES string of the molecule is CC(=O)c1ccc(N2c3ccccc3CCC2C)c(Cl)c1. The average Bonchev–Trinajstić information content (AvgIpc) is 2.48. The molecule has 21 heavy (non-hydrogen) atoms. The molecular formula is C18H18ClNO. The van der Waals surface area contributed by atoms with Gasteiger partial charge in [0.25, 0.3) is 0 Å². The number of halogens is 1. The Morgan fingerprint density at radius 3 is 2.67 bits per heavy atom. The molecule has 108 valence electrons. The predicted octanol–water partition coefficient (Wildman–Crippen LogP) is 5.02. The van der Waals surface area contributed by atoms with Crippen molar-refractivity contribution >= 4 is 28.8 Å². The number of benzene rings is 2. The van der Waals surface area contributed by atoms with E-state index in [2.05, 4.69) is 36.1 Å². The number of fused-ring (bicyclic) bond motifs is 1. The van der Waals surface area contributed by atoms with Crippen molar-refractivity contribution in [3.63, 3.8) is 0 Å². The van der Waals surface area contributed by atoms with Crippen LogP contribution in [0.15, 0.2) is 42.5 Å². The lowest BCUT2D eigenvalue weighted by Crippen LogP contribution is -2.33. The van der Waals surface area contributed by atoms with E-state index in [4.69, 9.17) is 11.6 Å². The minimum absolute atomic E-state index is 0.0375. The summed E-state index contributed by atoms with van der Waals surface area (Å²) >= 11 is 6.44. The number of para-hydroxylation sites is 1. The molecule has 1 aliphatic rings. The molecule has 3 rings (SSSR count). The van der Waals surface area contributed by atoms with Crippen LogP contribution in [0.1, 0.15) is 36.2 Å². The van der Waals surface area contributed by atoms with Gasteiger partial charge < -0.3 is 4.90 Å². The van der Waals surface area contributed by atoms with E-state index in [9.17, 15) is 4.79 Å². The zero-order chi connectivity index (χ0) is 15.0. The molecule has 0 fully saturated rings. The number of anilines is 2. The molecule has 0 bridgehead atoms. The van der Waals surface area contributed by atoms with Gasteiger partial charge in [-0.25, -0.2) is 0 Å². The molecule has 2 aromatic rings. The van der Waals surface area contributed by atoms with E-state index in [1.54, 1.807) is 13.0 Å². The average molecular weight is 300 g/mol. The Hall–Kier alpha value is -1.80. The van der Waals surface area contributed by atoms with Gasteiger partial charge in [-0.05, 0) is 56.5 Å². The van der Waals surface area contributed by atoms with Gasteiger partial charge in [-0.15, -0.1) is 0 Å². The van der Waals surface area contributed by atoms with Gasteiger partial charge in [0, 0.05) is 17.3 Å². The number of rotatable bonds is 2. The Kier molecular flexibility index (Phi) is 3.73. The number of carbonyl (C=O) groups excluding carboxylic acids is 1. The maximum atomic E-state index is 11.5. The minimum atomic E-state index is 0.0375. The highest BCUT2D eigenvalue weighted by Crippen LogP contribution is 2.40. The first kappa shape index (κ1) is 14.2. The van der Waals surface area contributed by atoms with Gasteiger partial charge in [-0.2, -0.15) is 0 Å². The lowest BCUT2D eigenvalue weighted by molar-refractivity contribution is 0.101. The number of ketones is 1. The number of Topliss-reactive ketones (excluding diaryl/α,β-unsaturated/α-hetero) is 1. The van der Waals surface area contributed by atoms with Gasteiger partial charge in [-0.1, -0.05) is 29.8 Å². The third-order valence-corrected chi connectivity index (χ3v) is 4.44. The van der Waals surface area contributed by atoms with Gasteiger partial charge in [0.15, 0.2) is 5.78 Å². The molecule has 0 aromatic heterocycles. The first-order chi connectivity index (χ1) is 10.1. The summed E-state index contributed by atoms with van der Waals surface area (Å²) in [6, 6.07) is 14.4. The van der Waals surface area contributed by atoms with E-state index >= 15 is 0 Å². The zero-order valence-corrected chi connectivity index (χ0v) is 13.0. The van der Waals surface area contributed by atoms with Crippen LogP contribution in [-0.4, -0.2) is 11.8 Å². The number of nitrogens with zero attached hydrogens (tertiary/aromatic N) is 1. The summed E-state index contributed by atoms with van der Waals surface area (Å²) in [4.78, 5) is 13.8. The summed E-state index contributed by atoms with van der Waals surface area (Å²) in [7, 11) is 0. The molecule has 0 saturated carbocycles. The minimum Gasteiger partial charge on any atom is -0.337 e. The van der Waals surface area contributed by atoms with Crippen molar-refractivity contribution in [3.05, 3.63) is 58.6 Å². The van der Waals surface area contributed by atoms with Gasteiger partial charge in [0.05, 0.1) is 10.7 Å². The maximum absolute atomic E-state index is 11.5. The van der Waals surface area contributed by atoms with Crippen LogP contribution < -0.4 is 4.90 Å². The lowest BCUT2D eigenvalue weighted by atomic mass is 9.95. The van der Waals surface area contributed by atoms with Gasteiger partial charge >= 0.3 is 0 Å². The fourth-order valence-electron chi connectivity index (χ4n) is 2.98. The van der Waals surface area contributed by atoms with Crippen LogP contribution >= 0.6 is 11.6 Å². The first-order valence-electron chi connectivity index (χ1n) is 7.25. The number of hydrogen-bond donors (Lipinski definition) is 0. The molecule has 0 N–H and O–H groups in total. The van der Waals surface area contributed by atoms with E-state index < -0.39 is 0 Å². The molecule has 2 aromatic carbocycles. The van der Waals surface area contributed by atoms with Crippen molar-refractivity contribution in [2.24, 2.45) is 0 Å². The van der Waals surface area contributed by atoms with Crippen molar-refractivity contribution in [1.82, 2.24) is 0 Å². The Morgan fingerprint density at radius 2 is 1.95 bits per heavy atom. The van der Waals surface area contributed by atoms with Gasteiger partial charge in [0.1, 0.15) is 0 Å². The quantitative estimate of drug-likeness (QED) is 0.726. The van der Waals surface area contributed by atoms with Crippen LogP contribution in [0.5, 0.6) is 0 Å². The second-order valence-corrected chi connectivity index (χ2v) is 6.02. The third kappa shape index (κ3) is 2.56. The molecule has 3 heteroatoms. The van der Waals surface area contributed by atoms with Crippen LogP contribution in [0.25, 0.3) is 0 Å². The molecular weight excluding hydrogens is 282 g/mol. The Bertz CT molecular complexity index is 695. The molecule has 1 aliphatic heterocycles. The van der Waals surface area contributed by atoms with Crippen LogP contribution in [0.2, 0.25) is 5.02 Å². The second-order valence-electron chi connectivity index (χ2n) is 5.61. The fraction of sp³-hybridized carbons (Fsp3) is 0.278. The molecule has 1 heterocycles. The standard InChI is InChI=1S/C18H18ClNO/c1-12-7-8-14-5-3-4-6-17(14)20(12)18-10-9-15(13(2)21)11-16(18)19/h3-6,9-12H,7-8H2,1-2H3. The van der Waals surface area contributed by atoms with Crippen LogP contribution in [0.4, 0.5) is 11.4 Å². The Morgan fingerprint density at radius 1 is 1.19 bits per heavy atom. The van der Waals surface area contributed by atoms with Crippen molar-refractivity contribution < 1.29 is 4.79 Å². The van der Waals surface area contributed by atoms with Crippen molar-refractivity contribution in [2.75, 3.05) is 4.90 Å². The third-order valence-electron chi connectivity index (χ3n) is 4.14. The van der Waals surface area contributed by atoms with Crippen LogP contribution in [0, 0.1) is 0 Å². The predicted molar refractivity (Wildman–Crippen MR) is 87.8 cm³/mol. The number of hydrogen-bond acceptors (Lipinski definition) is 2. The molecule has 1 atom stereocenters. The Labute approximate surface area is 130 Å². The summed E-state index contributed by atoms with van der Waals surface area (Å²) < 4.78 is 0. The molecule has 0 aliphatic carbocycles. The van der Waals surface area contributed by atoms with E-state index in [1.807, 2.05) is 12.1 Å². The molecule has 0 saturated heterocycles. The molecule has 1 unspecified atom stereocenters. The van der Waals surface area contributed by atoms with E-state index in [1.165, 1.54) is 11.3 Å². The van der Waals surface area contributed by atoms with Crippen molar-refractivity contribution in [3.8, 4) is 0 Å². The Balaban J connectivity index is 2.09. The normalized spacial score (nSPS) is 17.5. The van der Waals surface area contributed by atoms with Crippen LogP contribution in [0.3, 0.4) is 0 Å². The maximum Gasteiger partial charge on any atom is 0.159 e. The largest absolute Gasteiger partial charge is 0.337 e. The molecule has 0 amide bonds. The molecule has 0 radical (unpaired) electrons. The monoisotopic (exact) mass is 299 g/mol. The number of carbonyl (C=O) groups is 1. The summed E-state index contributed by atoms with van der Waals surface area (Å²) in [5, 5.41) is 0.631. The van der Waals surface area contributed by atoms with Crippen molar-refractivity contribution in [1.29, 1.82) is 0 Å². The highest BCUT2D eigenvalue weighted by molar-refractivity contribution is 6.33. The summed E-state index contributed by atoms with van der Waals surface area (Å²) in [6.07, 6.45) is 2.19. The van der Waals surface area contributed by atoms with Crippen LogP contribution in [-0.2, 0) is 6.42 Å². The topological polar surface area (TPSA) is 20.3 Å². The van der Waals surface area contributed by atoms with E-state index in [-0.39, 0.29) is 5.78 Å². The summed E-state index contributed by atoms with van der Waals surface area (Å²) in [5.74, 6) is 0.0375. The van der Waals surface area contributed by atoms with E-state index in [0.29, 0.717) is 16.6 Å². The van der Waals surface area contributed by atoms with E-state index in [0.717, 1.165) is 18.5 Å². The highest BCUT2D eigenvalue weighted by Gasteiger charge is 2.25. The molecule has 0 spiro atoms. The first-order valence-corrected chi connectivity index (χ1v) is 7.63. The van der Waals surface area contributed by atoms with Gasteiger partial charge in [-0.3, -0.25) is 4.79 Å². The number of aryl methyl sites for hydroxylation is 1. The fourth-order valence-corrected chi connectivity index (χ4v) is 3.25. The van der Waals surface area contributed by atoms with Gasteiger partial charge in [0.2, 0.25) is 0 Å². The van der Waals surface area contributed by atoms with Crippen molar-refractivity contribution in [2.45, 2.75) is 32.7 Å². The lowest BCUT2D eigenvalue weighted by Gasteiger charge is -2.37. The smallest absolute Gasteiger partial charge is 0.159 e. The molecule has 2 nitrogen and oxygen atoms in total. The second kappa shape index (κ2) is 5.53. The summed E-state index contributed by atoms with van der Waals surface area (Å²) in [6.45, 7) is 3.77. The zero-order valence-electron chi connectivity index (χ0n) is 12.3. The highest BCUT2D eigenvalue weighted by atomic mass is 35.5.